The number of H-pyrrole nitrogens is 1. The van der Waals surface area contributed by atoms with Gasteiger partial charge in [0.05, 0.1) is 23.2 Å². The molecule has 0 aliphatic rings. The number of nitrogens with one attached hydrogen (secondary N) is 2. The van der Waals surface area contributed by atoms with Gasteiger partial charge in [0, 0.05) is 23.4 Å². The Kier molecular flexibility index (Phi) is 4.29. The number of hydrogen-bond donors (Lipinski definition) is 2. The van der Waals surface area contributed by atoms with Crippen molar-refractivity contribution >= 4 is 17.2 Å². The smallest absolute Gasteiger partial charge is 0.269 e. The summed E-state index contributed by atoms with van der Waals surface area (Å²) in [6.45, 7) is 2.63. The number of nitrogens with zero attached hydrogens (tertiary/aromatic N) is 2. The van der Waals surface area contributed by atoms with Crippen LogP contribution in [-0.4, -0.2) is 27.4 Å². The minimum absolute atomic E-state index is 0.144. The van der Waals surface area contributed by atoms with Gasteiger partial charge in [0.15, 0.2) is 0 Å². The Bertz CT molecular complexity index is 750. The van der Waals surface area contributed by atoms with Gasteiger partial charge in [0.2, 0.25) is 0 Å². The summed E-state index contributed by atoms with van der Waals surface area (Å²) in [5.74, 6) is -0.144. The van der Waals surface area contributed by atoms with E-state index in [9.17, 15) is 4.79 Å². The molecule has 0 fully saturated rings. The third kappa shape index (κ3) is 3.23. The number of rotatable bonds is 5. The van der Waals surface area contributed by atoms with Gasteiger partial charge in [-0.1, -0.05) is 30.3 Å². The molecule has 0 aliphatic heterocycles. The van der Waals surface area contributed by atoms with E-state index < -0.39 is 0 Å². The molecule has 3 rings (SSSR count). The monoisotopic (exact) mass is 312 g/mol. The topological polar surface area (TPSA) is 70.7 Å². The number of aromatic amines is 1. The Morgan fingerprint density at radius 2 is 2.14 bits per heavy atom. The lowest BCUT2D eigenvalue weighted by Gasteiger charge is -2.01. The molecule has 0 aliphatic carbocycles. The van der Waals surface area contributed by atoms with E-state index in [2.05, 4.69) is 39.3 Å². The van der Waals surface area contributed by atoms with Crippen LogP contribution in [-0.2, 0) is 6.42 Å². The van der Waals surface area contributed by atoms with Crippen LogP contribution in [0.3, 0.4) is 0 Å². The van der Waals surface area contributed by atoms with Crippen molar-refractivity contribution in [3.63, 3.8) is 0 Å². The molecule has 112 valence electrons. The van der Waals surface area contributed by atoms with Gasteiger partial charge in [-0.2, -0.15) is 0 Å². The first-order valence-electron chi connectivity index (χ1n) is 7.02. The van der Waals surface area contributed by atoms with Gasteiger partial charge in [0.25, 0.3) is 5.91 Å². The molecule has 5 nitrogen and oxygen atoms in total. The van der Waals surface area contributed by atoms with E-state index in [4.69, 9.17) is 0 Å². The molecule has 1 amide bonds. The van der Waals surface area contributed by atoms with E-state index in [0.29, 0.717) is 12.2 Å². The molecule has 0 unspecified atom stereocenters. The van der Waals surface area contributed by atoms with E-state index in [1.54, 1.807) is 11.3 Å². The van der Waals surface area contributed by atoms with Crippen LogP contribution in [0.25, 0.3) is 11.3 Å². The van der Waals surface area contributed by atoms with Gasteiger partial charge >= 0.3 is 0 Å². The molecule has 0 saturated carbocycles. The number of thiazole rings is 1. The van der Waals surface area contributed by atoms with Crippen LogP contribution >= 0.6 is 11.3 Å². The van der Waals surface area contributed by atoms with Crippen LogP contribution in [0.5, 0.6) is 0 Å². The molecule has 0 saturated heterocycles. The first-order chi connectivity index (χ1) is 10.7. The van der Waals surface area contributed by atoms with Gasteiger partial charge in [0.1, 0.15) is 5.69 Å². The fourth-order valence-electron chi connectivity index (χ4n) is 2.18. The standard InChI is InChI=1S/C16H16N4OS/c1-11-15(12-5-3-2-4-6-12)20-14(22-11)7-8-18-16(21)13-9-17-10-19-13/h2-6,9-10H,7-8H2,1H3,(H,17,19)(H,18,21). The normalized spacial score (nSPS) is 10.6. The molecule has 1 aromatic carbocycles. The average Bonchev–Trinajstić information content (AvgIpc) is 3.18. The van der Waals surface area contributed by atoms with Crippen molar-refractivity contribution in [2.75, 3.05) is 6.54 Å². The van der Waals surface area contributed by atoms with Crippen LogP contribution in [0.15, 0.2) is 42.9 Å². The van der Waals surface area contributed by atoms with Crippen molar-refractivity contribution < 1.29 is 4.79 Å². The largest absolute Gasteiger partial charge is 0.350 e. The molecule has 22 heavy (non-hydrogen) atoms. The molecule has 2 N–H and O–H groups in total. The number of aromatic nitrogens is 3. The van der Waals surface area contributed by atoms with Crippen LogP contribution in [0, 0.1) is 6.92 Å². The molecular weight excluding hydrogens is 296 g/mol. The van der Waals surface area contributed by atoms with Gasteiger partial charge in [-0.3, -0.25) is 4.79 Å². The maximum absolute atomic E-state index is 11.8. The van der Waals surface area contributed by atoms with E-state index in [1.165, 1.54) is 17.4 Å². The Balaban J connectivity index is 1.61. The zero-order valence-corrected chi connectivity index (χ0v) is 13.0. The number of benzene rings is 1. The molecule has 2 heterocycles. The highest BCUT2D eigenvalue weighted by molar-refractivity contribution is 7.12. The molecule has 0 spiro atoms. The number of hydrogen-bond acceptors (Lipinski definition) is 4. The van der Waals surface area contributed by atoms with E-state index >= 15 is 0 Å². The SMILES string of the molecule is Cc1sc(CCNC(=O)c2cnc[nH]2)nc1-c1ccccc1. The Labute approximate surface area is 132 Å². The van der Waals surface area contributed by atoms with Gasteiger partial charge < -0.3 is 10.3 Å². The van der Waals surface area contributed by atoms with Crippen molar-refractivity contribution in [3.8, 4) is 11.3 Å². The maximum Gasteiger partial charge on any atom is 0.269 e. The fraction of sp³-hybridized carbons (Fsp3) is 0.188. The molecule has 6 heteroatoms. The highest BCUT2D eigenvalue weighted by atomic mass is 32.1. The number of amides is 1. The summed E-state index contributed by atoms with van der Waals surface area (Å²) in [6, 6.07) is 10.1. The first kappa shape index (κ1) is 14.5. The second-order valence-corrected chi connectivity index (χ2v) is 6.14. The lowest BCUT2D eigenvalue weighted by Crippen LogP contribution is -2.25. The molecule has 0 radical (unpaired) electrons. The molecule has 2 aromatic heterocycles. The van der Waals surface area contributed by atoms with Gasteiger partial charge in [-0.25, -0.2) is 9.97 Å². The van der Waals surface area contributed by atoms with Crippen LogP contribution in [0.4, 0.5) is 0 Å². The first-order valence-corrected chi connectivity index (χ1v) is 7.84. The summed E-state index contributed by atoms with van der Waals surface area (Å²) in [6.07, 6.45) is 3.72. The van der Waals surface area contributed by atoms with E-state index in [0.717, 1.165) is 22.7 Å². The summed E-state index contributed by atoms with van der Waals surface area (Å²) in [5.41, 5.74) is 2.63. The number of carbonyl (C=O) groups is 1. The molecule has 0 atom stereocenters. The van der Waals surface area contributed by atoms with Gasteiger partial charge in [-0.15, -0.1) is 11.3 Å². The minimum Gasteiger partial charge on any atom is -0.350 e. The quantitative estimate of drug-likeness (QED) is 0.761. The van der Waals surface area contributed by atoms with E-state index in [1.807, 2.05) is 18.2 Å². The fourth-order valence-corrected chi connectivity index (χ4v) is 3.13. The van der Waals surface area contributed by atoms with Crippen LogP contribution in [0.2, 0.25) is 0 Å². The van der Waals surface area contributed by atoms with E-state index in [-0.39, 0.29) is 5.91 Å². The zero-order chi connectivity index (χ0) is 15.4. The molecule has 3 aromatic rings. The molecular formula is C16H16N4OS. The summed E-state index contributed by atoms with van der Waals surface area (Å²) in [5, 5.41) is 3.89. The van der Waals surface area contributed by atoms with Crippen LogP contribution in [0.1, 0.15) is 20.4 Å². The Morgan fingerprint density at radius 1 is 1.32 bits per heavy atom. The van der Waals surface area contributed by atoms with Crippen molar-refractivity contribution in [1.29, 1.82) is 0 Å². The number of carbonyl (C=O) groups excluding carboxylic acids is 1. The van der Waals surface area contributed by atoms with Crippen molar-refractivity contribution in [3.05, 3.63) is 58.4 Å². The molecule has 0 bridgehead atoms. The summed E-state index contributed by atoms with van der Waals surface area (Å²) >= 11 is 1.68. The predicted octanol–water partition coefficient (Wildman–Crippen LogP) is 2.81. The predicted molar refractivity (Wildman–Crippen MR) is 86.9 cm³/mol. The average molecular weight is 312 g/mol. The highest BCUT2D eigenvalue weighted by Gasteiger charge is 2.10. The highest BCUT2D eigenvalue weighted by Crippen LogP contribution is 2.27. The second-order valence-electron chi connectivity index (χ2n) is 4.85. The van der Waals surface area contributed by atoms with Crippen LogP contribution < -0.4 is 5.32 Å². The summed E-state index contributed by atoms with van der Waals surface area (Å²) < 4.78 is 0. The van der Waals surface area contributed by atoms with Crippen molar-refractivity contribution in [1.82, 2.24) is 20.3 Å². The van der Waals surface area contributed by atoms with Crippen molar-refractivity contribution in [2.45, 2.75) is 13.3 Å². The Hall–Kier alpha value is -2.47. The third-order valence-corrected chi connectivity index (χ3v) is 4.29. The Morgan fingerprint density at radius 3 is 2.86 bits per heavy atom. The lowest BCUT2D eigenvalue weighted by atomic mass is 10.1. The number of aryl methyl sites for hydroxylation is 1. The maximum atomic E-state index is 11.8. The summed E-state index contributed by atoms with van der Waals surface area (Å²) in [4.78, 5) is 24.3. The van der Waals surface area contributed by atoms with Gasteiger partial charge in [-0.05, 0) is 6.92 Å². The van der Waals surface area contributed by atoms with Crippen molar-refractivity contribution in [2.24, 2.45) is 0 Å². The zero-order valence-electron chi connectivity index (χ0n) is 12.2. The third-order valence-electron chi connectivity index (χ3n) is 3.26. The number of imidazole rings is 1. The second kappa shape index (κ2) is 6.53. The lowest BCUT2D eigenvalue weighted by molar-refractivity contribution is 0.0949. The summed E-state index contributed by atoms with van der Waals surface area (Å²) in [7, 11) is 0. The minimum atomic E-state index is -0.144.